The van der Waals surface area contributed by atoms with E-state index in [4.69, 9.17) is 16.7 Å². The van der Waals surface area contributed by atoms with Crippen LogP contribution in [0.1, 0.15) is 6.42 Å². The Morgan fingerprint density at radius 2 is 2.19 bits per heavy atom. The molecule has 0 aromatic carbocycles. The first-order chi connectivity index (χ1) is 7.40. The standard InChI is InChI=1S/C8H9ClN2O5/c9-5-3-11(8(16)10-7(5)15)2-4(12)1-6(13)14/h3-4,12H,1-2H2,(H,13,14)(H,10,15,16). The first-order valence-electron chi connectivity index (χ1n) is 4.29. The molecule has 8 heteroatoms. The molecule has 3 N–H and O–H groups in total. The third kappa shape index (κ3) is 3.21. The van der Waals surface area contributed by atoms with Crippen LogP contribution in [0.3, 0.4) is 0 Å². The van der Waals surface area contributed by atoms with Gasteiger partial charge in [-0.1, -0.05) is 11.6 Å². The monoisotopic (exact) mass is 248 g/mol. The average Bonchev–Trinajstić information content (AvgIpc) is 2.12. The van der Waals surface area contributed by atoms with E-state index in [1.165, 1.54) is 0 Å². The number of rotatable bonds is 4. The maximum Gasteiger partial charge on any atom is 0.328 e. The highest BCUT2D eigenvalue weighted by Gasteiger charge is 2.12. The number of aromatic amines is 1. The lowest BCUT2D eigenvalue weighted by Crippen LogP contribution is -2.33. The predicted molar refractivity (Wildman–Crippen MR) is 54.6 cm³/mol. The summed E-state index contributed by atoms with van der Waals surface area (Å²) < 4.78 is 0.942. The molecule has 1 aromatic rings. The molecule has 1 aromatic heterocycles. The van der Waals surface area contributed by atoms with Gasteiger partial charge in [0.05, 0.1) is 19.1 Å². The van der Waals surface area contributed by atoms with E-state index in [0.29, 0.717) is 0 Å². The molecule has 0 saturated carbocycles. The van der Waals surface area contributed by atoms with E-state index in [2.05, 4.69) is 0 Å². The number of aliphatic carboxylic acids is 1. The number of H-pyrrole nitrogens is 1. The van der Waals surface area contributed by atoms with Crippen LogP contribution in [0.25, 0.3) is 0 Å². The Bertz CT molecular complexity index is 506. The highest BCUT2D eigenvalue weighted by atomic mass is 35.5. The minimum absolute atomic E-state index is 0.206. The van der Waals surface area contributed by atoms with Gasteiger partial charge >= 0.3 is 11.7 Å². The summed E-state index contributed by atoms with van der Waals surface area (Å²) in [6.45, 7) is -0.248. The summed E-state index contributed by atoms with van der Waals surface area (Å²) in [5.74, 6) is -1.18. The lowest BCUT2D eigenvalue weighted by Gasteiger charge is -2.09. The zero-order valence-electron chi connectivity index (χ0n) is 8.01. The Kier molecular flexibility index (Phi) is 3.86. The topological polar surface area (TPSA) is 112 Å². The number of carboxylic acid groups (broad SMARTS) is 1. The number of aromatic nitrogens is 2. The van der Waals surface area contributed by atoms with Gasteiger partial charge in [0.15, 0.2) is 0 Å². The molecule has 1 atom stereocenters. The summed E-state index contributed by atoms with van der Waals surface area (Å²) in [5.41, 5.74) is -1.48. The minimum atomic E-state index is -1.22. The third-order valence-electron chi connectivity index (χ3n) is 1.79. The summed E-state index contributed by atoms with van der Waals surface area (Å²) >= 11 is 5.47. The molecule has 0 saturated heterocycles. The molecule has 0 bridgehead atoms. The van der Waals surface area contributed by atoms with Gasteiger partial charge in [-0.2, -0.15) is 0 Å². The number of nitrogens with one attached hydrogen (secondary N) is 1. The number of carboxylic acids is 1. The van der Waals surface area contributed by atoms with Gasteiger partial charge in [-0.3, -0.25) is 19.1 Å². The summed E-state index contributed by atoms with van der Waals surface area (Å²) in [7, 11) is 0. The first-order valence-corrected chi connectivity index (χ1v) is 4.67. The zero-order chi connectivity index (χ0) is 12.3. The van der Waals surface area contributed by atoms with E-state index in [9.17, 15) is 19.5 Å². The van der Waals surface area contributed by atoms with Gasteiger partial charge in [0.2, 0.25) is 0 Å². The highest BCUT2D eigenvalue weighted by molar-refractivity contribution is 6.30. The van der Waals surface area contributed by atoms with Crippen LogP contribution in [0.5, 0.6) is 0 Å². The van der Waals surface area contributed by atoms with Gasteiger partial charge in [0.25, 0.3) is 5.56 Å². The Hall–Kier alpha value is -1.60. The predicted octanol–water partition coefficient (Wildman–Crippen LogP) is -0.974. The lowest BCUT2D eigenvalue weighted by atomic mass is 10.2. The Balaban J connectivity index is 2.90. The molecule has 88 valence electrons. The van der Waals surface area contributed by atoms with Gasteiger partial charge in [-0.15, -0.1) is 0 Å². The van der Waals surface area contributed by atoms with E-state index in [1.54, 1.807) is 0 Å². The van der Waals surface area contributed by atoms with Crippen molar-refractivity contribution in [2.24, 2.45) is 0 Å². The molecule has 1 unspecified atom stereocenters. The number of hydrogen-bond donors (Lipinski definition) is 3. The van der Waals surface area contributed by atoms with Gasteiger partial charge in [-0.25, -0.2) is 4.79 Å². The van der Waals surface area contributed by atoms with Crippen LogP contribution in [0.15, 0.2) is 15.8 Å². The zero-order valence-corrected chi connectivity index (χ0v) is 8.77. The van der Waals surface area contributed by atoms with Gasteiger partial charge < -0.3 is 10.2 Å². The molecule has 0 aliphatic heterocycles. The van der Waals surface area contributed by atoms with Crippen LogP contribution in [0.2, 0.25) is 5.02 Å². The molecule has 7 nitrogen and oxygen atoms in total. The van der Waals surface area contributed by atoms with Gasteiger partial charge in [0, 0.05) is 6.20 Å². The van der Waals surface area contributed by atoms with Crippen molar-refractivity contribution >= 4 is 17.6 Å². The fourth-order valence-corrected chi connectivity index (χ4v) is 1.28. The number of aliphatic hydroxyl groups is 1. The van der Waals surface area contributed by atoms with Gasteiger partial charge in [0.1, 0.15) is 5.02 Å². The fourth-order valence-electron chi connectivity index (χ4n) is 1.11. The maximum atomic E-state index is 11.2. The van der Waals surface area contributed by atoms with E-state index in [0.717, 1.165) is 10.8 Å². The van der Waals surface area contributed by atoms with Crippen molar-refractivity contribution in [1.82, 2.24) is 9.55 Å². The van der Waals surface area contributed by atoms with Crippen molar-refractivity contribution in [3.05, 3.63) is 32.1 Å². The second kappa shape index (κ2) is 4.95. The molecular weight excluding hydrogens is 240 g/mol. The molecule has 0 spiro atoms. The van der Waals surface area contributed by atoms with Crippen LogP contribution < -0.4 is 11.2 Å². The van der Waals surface area contributed by atoms with Crippen molar-refractivity contribution in [1.29, 1.82) is 0 Å². The summed E-state index contributed by atoms with van der Waals surface area (Å²) in [4.78, 5) is 34.3. The second-order valence-electron chi connectivity index (χ2n) is 3.14. The normalized spacial score (nSPS) is 12.4. The van der Waals surface area contributed by atoms with Crippen LogP contribution in [0.4, 0.5) is 0 Å². The quantitative estimate of drug-likeness (QED) is 0.634. The minimum Gasteiger partial charge on any atom is -0.481 e. The van der Waals surface area contributed by atoms with E-state index >= 15 is 0 Å². The van der Waals surface area contributed by atoms with Crippen LogP contribution in [-0.2, 0) is 11.3 Å². The maximum absolute atomic E-state index is 11.2. The lowest BCUT2D eigenvalue weighted by molar-refractivity contribution is -0.139. The molecule has 0 aliphatic carbocycles. The molecule has 0 aliphatic rings. The molecule has 0 fully saturated rings. The third-order valence-corrected chi connectivity index (χ3v) is 2.05. The fraction of sp³-hybridized carbons (Fsp3) is 0.375. The number of halogens is 1. The average molecular weight is 249 g/mol. The van der Waals surface area contributed by atoms with Crippen LogP contribution >= 0.6 is 11.6 Å². The molecular formula is C8H9ClN2O5. The van der Waals surface area contributed by atoms with Crippen molar-refractivity contribution in [3.8, 4) is 0 Å². The number of nitrogens with zero attached hydrogens (tertiary/aromatic N) is 1. The largest absolute Gasteiger partial charge is 0.481 e. The molecule has 0 amide bonds. The number of carbonyl (C=O) groups is 1. The second-order valence-corrected chi connectivity index (χ2v) is 3.55. The summed E-state index contributed by atoms with van der Waals surface area (Å²) in [6.07, 6.45) is -0.672. The number of aliphatic hydroxyl groups excluding tert-OH is 1. The molecule has 1 heterocycles. The Morgan fingerprint density at radius 3 is 2.75 bits per heavy atom. The van der Waals surface area contributed by atoms with Crippen molar-refractivity contribution < 1.29 is 15.0 Å². The van der Waals surface area contributed by atoms with Crippen molar-refractivity contribution in [3.63, 3.8) is 0 Å². The smallest absolute Gasteiger partial charge is 0.328 e. The van der Waals surface area contributed by atoms with Crippen molar-refractivity contribution in [2.75, 3.05) is 0 Å². The Labute approximate surface area is 93.9 Å². The van der Waals surface area contributed by atoms with Crippen molar-refractivity contribution in [2.45, 2.75) is 19.1 Å². The van der Waals surface area contributed by atoms with E-state index in [1.807, 2.05) is 4.98 Å². The summed E-state index contributed by atoms with van der Waals surface area (Å²) in [5, 5.41) is 17.5. The Morgan fingerprint density at radius 1 is 1.56 bits per heavy atom. The molecule has 1 rings (SSSR count). The SMILES string of the molecule is O=C(O)CC(O)Cn1cc(Cl)c(=O)[nH]c1=O. The molecule has 0 radical (unpaired) electrons. The highest BCUT2D eigenvalue weighted by Crippen LogP contribution is 1.99. The van der Waals surface area contributed by atoms with E-state index < -0.39 is 29.7 Å². The van der Waals surface area contributed by atoms with Crippen LogP contribution in [0, 0.1) is 0 Å². The number of hydrogen-bond acceptors (Lipinski definition) is 4. The van der Waals surface area contributed by atoms with Gasteiger partial charge in [-0.05, 0) is 0 Å². The summed E-state index contributed by atoms with van der Waals surface area (Å²) in [6, 6.07) is 0. The molecule has 16 heavy (non-hydrogen) atoms. The van der Waals surface area contributed by atoms with E-state index in [-0.39, 0.29) is 11.6 Å². The first kappa shape index (κ1) is 12.5. The van der Waals surface area contributed by atoms with Crippen LogP contribution in [-0.4, -0.2) is 31.8 Å².